The number of hydrogen-bond acceptors (Lipinski definition) is 3. The Balaban J connectivity index is 1.86. The van der Waals surface area contributed by atoms with Crippen LogP contribution in [0.3, 0.4) is 0 Å². The summed E-state index contributed by atoms with van der Waals surface area (Å²) in [5.41, 5.74) is 1.21. The van der Waals surface area contributed by atoms with Gasteiger partial charge < -0.3 is 15.0 Å². The van der Waals surface area contributed by atoms with Gasteiger partial charge >= 0.3 is 6.03 Å². The third-order valence-electron chi connectivity index (χ3n) is 4.37. The average molecular weight is 333 g/mol. The molecule has 1 aliphatic heterocycles. The second-order valence-electron chi connectivity index (χ2n) is 6.80. The Morgan fingerprint density at radius 3 is 2.46 bits per heavy atom. The molecule has 1 unspecified atom stereocenters. The van der Waals surface area contributed by atoms with Crippen molar-refractivity contribution in [1.82, 2.24) is 15.1 Å². The zero-order chi connectivity index (χ0) is 17.5. The van der Waals surface area contributed by atoms with Gasteiger partial charge in [0.25, 0.3) is 0 Å². The van der Waals surface area contributed by atoms with Crippen LogP contribution in [0.2, 0.25) is 0 Å². The number of carbonyl (C=O) groups is 1. The standard InChI is InChI=1S/C19H31N3O2/c1-5-16(4)20-19(23)22-12-10-21(11-13-22)14-17-8-6-7-9-18(17)24-15(2)3/h6-9,15-16H,5,10-14H2,1-4H3,(H,20,23). The number of urea groups is 1. The first-order valence-electron chi connectivity index (χ1n) is 9.02. The van der Waals surface area contributed by atoms with Crippen molar-refractivity contribution in [3.8, 4) is 5.75 Å². The summed E-state index contributed by atoms with van der Waals surface area (Å²) in [5, 5.41) is 3.04. The molecule has 0 aliphatic carbocycles. The Kier molecular flexibility index (Phi) is 6.91. The Morgan fingerprint density at radius 1 is 1.17 bits per heavy atom. The van der Waals surface area contributed by atoms with Crippen molar-refractivity contribution < 1.29 is 9.53 Å². The minimum absolute atomic E-state index is 0.0625. The normalized spacial score (nSPS) is 17.0. The topological polar surface area (TPSA) is 44.8 Å². The van der Waals surface area contributed by atoms with Crippen LogP contribution in [0.15, 0.2) is 24.3 Å². The van der Waals surface area contributed by atoms with E-state index >= 15 is 0 Å². The highest BCUT2D eigenvalue weighted by Gasteiger charge is 2.22. The fourth-order valence-electron chi connectivity index (χ4n) is 2.76. The van der Waals surface area contributed by atoms with Gasteiger partial charge in [0, 0.05) is 44.3 Å². The smallest absolute Gasteiger partial charge is 0.317 e. The Labute approximate surface area is 146 Å². The van der Waals surface area contributed by atoms with Crippen molar-refractivity contribution in [1.29, 1.82) is 0 Å². The maximum atomic E-state index is 12.2. The SMILES string of the molecule is CCC(C)NC(=O)N1CCN(Cc2ccccc2OC(C)C)CC1. The lowest BCUT2D eigenvalue weighted by Crippen LogP contribution is -2.52. The van der Waals surface area contributed by atoms with Crippen molar-refractivity contribution in [2.75, 3.05) is 26.2 Å². The molecule has 0 bridgehead atoms. The molecule has 2 amide bonds. The molecule has 134 valence electrons. The summed E-state index contributed by atoms with van der Waals surface area (Å²) in [6.45, 7) is 12.4. The highest BCUT2D eigenvalue weighted by molar-refractivity contribution is 5.74. The van der Waals surface area contributed by atoms with Gasteiger partial charge in [0.1, 0.15) is 5.75 Å². The number of benzene rings is 1. The molecular formula is C19H31N3O2. The molecule has 1 atom stereocenters. The van der Waals surface area contributed by atoms with Crippen LogP contribution in [0.25, 0.3) is 0 Å². The van der Waals surface area contributed by atoms with E-state index in [9.17, 15) is 4.79 Å². The van der Waals surface area contributed by atoms with Crippen LogP contribution >= 0.6 is 0 Å². The van der Waals surface area contributed by atoms with E-state index in [1.54, 1.807) is 0 Å². The van der Waals surface area contributed by atoms with E-state index in [-0.39, 0.29) is 18.2 Å². The number of rotatable bonds is 6. The number of hydrogen-bond donors (Lipinski definition) is 1. The van der Waals surface area contributed by atoms with Gasteiger partial charge in [-0.15, -0.1) is 0 Å². The maximum Gasteiger partial charge on any atom is 0.317 e. The van der Waals surface area contributed by atoms with Gasteiger partial charge in [0.05, 0.1) is 6.10 Å². The summed E-state index contributed by atoms with van der Waals surface area (Å²) in [6, 6.07) is 8.52. The van der Waals surface area contributed by atoms with Crippen LogP contribution in [-0.2, 0) is 6.54 Å². The van der Waals surface area contributed by atoms with Gasteiger partial charge in [-0.1, -0.05) is 25.1 Å². The summed E-state index contributed by atoms with van der Waals surface area (Å²) < 4.78 is 5.90. The molecule has 0 saturated carbocycles. The highest BCUT2D eigenvalue weighted by Crippen LogP contribution is 2.21. The third kappa shape index (κ3) is 5.41. The molecule has 1 N–H and O–H groups in total. The molecule has 1 fully saturated rings. The van der Waals surface area contributed by atoms with E-state index < -0.39 is 0 Å². The molecular weight excluding hydrogens is 302 g/mol. The quantitative estimate of drug-likeness (QED) is 0.870. The predicted molar refractivity (Wildman–Crippen MR) is 97.3 cm³/mol. The molecule has 1 aliphatic rings. The second kappa shape index (κ2) is 8.92. The molecule has 1 aromatic carbocycles. The number of amides is 2. The molecule has 0 radical (unpaired) electrons. The molecule has 1 heterocycles. The molecule has 5 nitrogen and oxygen atoms in total. The lowest BCUT2D eigenvalue weighted by atomic mass is 10.1. The molecule has 2 rings (SSSR count). The van der Waals surface area contributed by atoms with Gasteiger partial charge in [-0.25, -0.2) is 4.79 Å². The van der Waals surface area contributed by atoms with Crippen molar-refractivity contribution in [3.63, 3.8) is 0 Å². The number of ether oxygens (including phenoxy) is 1. The van der Waals surface area contributed by atoms with Gasteiger partial charge in [-0.2, -0.15) is 0 Å². The van der Waals surface area contributed by atoms with Crippen molar-refractivity contribution in [3.05, 3.63) is 29.8 Å². The van der Waals surface area contributed by atoms with Gasteiger partial charge in [-0.05, 0) is 33.3 Å². The molecule has 0 spiro atoms. The van der Waals surface area contributed by atoms with E-state index in [1.807, 2.05) is 37.8 Å². The van der Waals surface area contributed by atoms with Crippen molar-refractivity contribution in [2.45, 2.75) is 52.8 Å². The number of para-hydroxylation sites is 1. The zero-order valence-corrected chi connectivity index (χ0v) is 15.4. The summed E-state index contributed by atoms with van der Waals surface area (Å²) in [5.74, 6) is 0.962. The number of carbonyl (C=O) groups excluding carboxylic acids is 1. The van der Waals surface area contributed by atoms with Gasteiger partial charge in [-0.3, -0.25) is 4.90 Å². The van der Waals surface area contributed by atoms with E-state index in [0.717, 1.165) is 44.9 Å². The summed E-state index contributed by atoms with van der Waals surface area (Å²) >= 11 is 0. The number of nitrogens with zero attached hydrogens (tertiary/aromatic N) is 2. The summed E-state index contributed by atoms with van der Waals surface area (Å²) in [6.07, 6.45) is 1.13. The molecule has 5 heteroatoms. The first-order chi connectivity index (χ1) is 11.5. The molecule has 24 heavy (non-hydrogen) atoms. The van der Waals surface area contributed by atoms with E-state index in [1.165, 1.54) is 5.56 Å². The van der Waals surface area contributed by atoms with Crippen LogP contribution < -0.4 is 10.1 Å². The second-order valence-corrected chi connectivity index (χ2v) is 6.80. The third-order valence-corrected chi connectivity index (χ3v) is 4.37. The Bertz CT molecular complexity index is 525. The van der Waals surface area contributed by atoms with Crippen LogP contribution in [0.5, 0.6) is 5.75 Å². The first-order valence-corrected chi connectivity index (χ1v) is 9.02. The number of piperazine rings is 1. The van der Waals surface area contributed by atoms with E-state index in [0.29, 0.717) is 0 Å². The fraction of sp³-hybridized carbons (Fsp3) is 0.632. The minimum atomic E-state index is 0.0625. The molecule has 1 aromatic rings. The molecule has 0 aromatic heterocycles. The zero-order valence-electron chi connectivity index (χ0n) is 15.4. The number of nitrogens with one attached hydrogen (secondary N) is 1. The minimum Gasteiger partial charge on any atom is -0.491 e. The lowest BCUT2D eigenvalue weighted by Gasteiger charge is -2.35. The first kappa shape index (κ1) is 18.6. The van der Waals surface area contributed by atoms with Gasteiger partial charge in [0.2, 0.25) is 0 Å². The van der Waals surface area contributed by atoms with Crippen molar-refractivity contribution >= 4 is 6.03 Å². The average Bonchev–Trinajstić information content (AvgIpc) is 2.56. The van der Waals surface area contributed by atoms with E-state index in [4.69, 9.17) is 4.74 Å². The van der Waals surface area contributed by atoms with Crippen LogP contribution in [0, 0.1) is 0 Å². The van der Waals surface area contributed by atoms with E-state index in [2.05, 4.69) is 29.3 Å². The largest absolute Gasteiger partial charge is 0.491 e. The van der Waals surface area contributed by atoms with Crippen molar-refractivity contribution in [2.24, 2.45) is 0 Å². The maximum absolute atomic E-state index is 12.2. The van der Waals surface area contributed by atoms with Crippen LogP contribution in [0.4, 0.5) is 4.79 Å². The van der Waals surface area contributed by atoms with Gasteiger partial charge in [0.15, 0.2) is 0 Å². The highest BCUT2D eigenvalue weighted by atomic mass is 16.5. The lowest BCUT2D eigenvalue weighted by molar-refractivity contribution is 0.132. The molecule has 1 saturated heterocycles. The van der Waals surface area contributed by atoms with Crippen LogP contribution in [-0.4, -0.2) is 54.2 Å². The summed E-state index contributed by atoms with van der Waals surface area (Å²) in [4.78, 5) is 16.5. The van der Waals surface area contributed by atoms with Crippen LogP contribution in [0.1, 0.15) is 39.7 Å². The fourth-order valence-corrected chi connectivity index (χ4v) is 2.76. The summed E-state index contributed by atoms with van der Waals surface area (Å²) in [7, 11) is 0. The monoisotopic (exact) mass is 333 g/mol. The predicted octanol–water partition coefficient (Wildman–Crippen LogP) is 3.10. The Morgan fingerprint density at radius 2 is 1.83 bits per heavy atom. The Hall–Kier alpha value is -1.75.